The van der Waals surface area contributed by atoms with Crippen molar-refractivity contribution in [3.05, 3.63) is 24.3 Å². The van der Waals surface area contributed by atoms with E-state index < -0.39 is 12.4 Å². The molecule has 15 heavy (non-hydrogen) atoms. The van der Waals surface area contributed by atoms with Gasteiger partial charge in [-0.25, -0.2) is 0 Å². The molecule has 1 aliphatic heterocycles. The number of carbonyl (C=O) groups is 1. The van der Waals surface area contributed by atoms with Crippen LogP contribution in [-0.2, 0) is 14.3 Å². The maximum atomic E-state index is 11.6. The maximum absolute atomic E-state index is 11.6. The van der Waals surface area contributed by atoms with Crippen LogP contribution in [0.1, 0.15) is 6.42 Å². The van der Waals surface area contributed by atoms with Gasteiger partial charge in [0.05, 0.1) is 19.3 Å². The van der Waals surface area contributed by atoms with Gasteiger partial charge >= 0.3 is 0 Å². The Morgan fingerprint density at radius 3 is 2.67 bits per heavy atom. The lowest BCUT2D eigenvalue weighted by Crippen LogP contribution is -2.13. The summed E-state index contributed by atoms with van der Waals surface area (Å²) in [7, 11) is 0. The topological polar surface area (TPSA) is 55.8 Å². The largest absolute Gasteiger partial charge is 0.392 e. The molecule has 0 radical (unpaired) electrons. The normalized spacial score (nSPS) is 35.3. The minimum Gasteiger partial charge on any atom is -0.392 e. The summed E-state index contributed by atoms with van der Waals surface area (Å²) in [6.45, 7) is 4.71. The molecule has 1 saturated carbocycles. The summed E-state index contributed by atoms with van der Waals surface area (Å²) in [6, 6.07) is 0. The van der Waals surface area contributed by atoms with Crippen LogP contribution in [-0.4, -0.2) is 36.5 Å². The fourth-order valence-electron chi connectivity index (χ4n) is 1.94. The van der Waals surface area contributed by atoms with Gasteiger partial charge in [-0.1, -0.05) is 6.08 Å². The van der Waals surface area contributed by atoms with Gasteiger partial charge in [0.1, 0.15) is 0 Å². The molecule has 2 fully saturated rings. The summed E-state index contributed by atoms with van der Waals surface area (Å²) >= 11 is 0. The second-order valence-corrected chi connectivity index (χ2v) is 3.69. The summed E-state index contributed by atoms with van der Waals surface area (Å²) in [4.78, 5) is 11.6. The molecule has 0 amide bonds. The van der Waals surface area contributed by atoms with Crippen LogP contribution in [0.5, 0.6) is 0 Å². The van der Waals surface area contributed by atoms with Crippen LogP contribution in [0, 0.1) is 5.92 Å². The van der Waals surface area contributed by atoms with Gasteiger partial charge in [0.15, 0.2) is 12.1 Å². The van der Waals surface area contributed by atoms with Crippen LogP contribution in [0.2, 0.25) is 0 Å². The standard InChI is InChI=1S/C11H14O4/c1-2-7-8(10(13)6-9(7)12)5-11-14-3-4-15-11/h2,5,7,9,11-12H,1,3-4,6H2/b8-5+/t7-,9-/m1/s1. The van der Waals surface area contributed by atoms with E-state index in [4.69, 9.17) is 9.47 Å². The lowest BCUT2D eigenvalue weighted by molar-refractivity contribution is -0.115. The van der Waals surface area contributed by atoms with Gasteiger partial charge in [-0.2, -0.15) is 0 Å². The highest BCUT2D eigenvalue weighted by atomic mass is 16.7. The Hall–Kier alpha value is -0.970. The third kappa shape index (κ3) is 2.02. The molecule has 0 aromatic rings. The van der Waals surface area contributed by atoms with Crippen LogP contribution in [0.4, 0.5) is 0 Å². The highest BCUT2D eigenvalue weighted by Gasteiger charge is 2.35. The zero-order chi connectivity index (χ0) is 10.8. The second-order valence-electron chi connectivity index (χ2n) is 3.69. The predicted molar refractivity (Wildman–Crippen MR) is 53.1 cm³/mol. The maximum Gasteiger partial charge on any atom is 0.177 e. The highest BCUT2D eigenvalue weighted by molar-refractivity contribution is 5.99. The number of hydrogen-bond acceptors (Lipinski definition) is 4. The van der Waals surface area contributed by atoms with E-state index in [9.17, 15) is 9.90 Å². The van der Waals surface area contributed by atoms with Gasteiger partial charge in [0.2, 0.25) is 0 Å². The van der Waals surface area contributed by atoms with Crippen molar-refractivity contribution in [3.63, 3.8) is 0 Å². The quantitative estimate of drug-likeness (QED) is 0.530. The Bertz CT molecular complexity index is 302. The number of Topliss-reactive ketones (excluding diaryl/α,β-unsaturated/α-hetero) is 1. The number of ketones is 1. The molecular weight excluding hydrogens is 196 g/mol. The van der Waals surface area contributed by atoms with E-state index in [2.05, 4.69) is 6.58 Å². The van der Waals surface area contributed by atoms with Crippen molar-refractivity contribution >= 4 is 5.78 Å². The van der Waals surface area contributed by atoms with Crippen LogP contribution in [0.15, 0.2) is 24.3 Å². The third-order valence-corrected chi connectivity index (χ3v) is 2.71. The molecule has 1 aliphatic carbocycles. The number of carbonyl (C=O) groups excluding carboxylic acids is 1. The number of hydrogen-bond donors (Lipinski definition) is 1. The van der Waals surface area contributed by atoms with Crippen molar-refractivity contribution in [1.82, 2.24) is 0 Å². The van der Waals surface area contributed by atoms with Gasteiger partial charge in [0.25, 0.3) is 0 Å². The summed E-state index contributed by atoms with van der Waals surface area (Å²) in [5.74, 6) is -0.336. The summed E-state index contributed by atoms with van der Waals surface area (Å²) in [6.07, 6.45) is 2.31. The van der Waals surface area contributed by atoms with Crippen LogP contribution in [0.3, 0.4) is 0 Å². The smallest absolute Gasteiger partial charge is 0.177 e. The molecule has 0 unspecified atom stereocenters. The van der Waals surface area contributed by atoms with E-state index in [1.807, 2.05) is 0 Å². The molecule has 0 aromatic carbocycles. The second kappa shape index (κ2) is 4.26. The van der Waals surface area contributed by atoms with Crippen molar-refractivity contribution in [2.45, 2.75) is 18.8 Å². The first-order valence-electron chi connectivity index (χ1n) is 5.01. The molecule has 1 N–H and O–H groups in total. The Kier molecular flexibility index (Phi) is 3.00. The predicted octanol–water partition coefficient (Wildman–Crippen LogP) is 0.422. The number of aliphatic hydroxyl groups excluding tert-OH is 1. The molecule has 2 rings (SSSR count). The summed E-state index contributed by atoms with van der Waals surface area (Å²) in [5, 5.41) is 9.59. The molecule has 0 aromatic heterocycles. The van der Waals surface area contributed by atoms with Crippen molar-refractivity contribution in [1.29, 1.82) is 0 Å². The third-order valence-electron chi connectivity index (χ3n) is 2.71. The zero-order valence-electron chi connectivity index (χ0n) is 8.39. The van der Waals surface area contributed by atoms with Gasteiger partial charge in [0, 0.05) is 17.9 Å². The monoisotopic (exact) mass is 210 g/mol. The molecule has 1 saturated heterocycles. The summed E-state index contributed by atoms with van der Waals surface area (Å²) < 4.78 is 10.4. The van der Waals surface area contributed by atoms with Crippen LogP contribution >= 0.6 is 0 Å². The molecule has 4 nitrogen and oxygen atoms in total. The SMILES string of the molecule is C=C[C@@H]1/C(=C\C2OCCO2)C(=O)C[C@H]1O. The Morgan fingerprint density at radius 2 is 2.07 bits per heavy atom. The lowest BCUT2D eigenvalue weighted by Gasteiger charge is -2.11. The van der Waals surface area contributed by atoms with Gasteiger partial charge in [-0.15, -0.1) is 6.58 Å². The van der Waals surface area contributed by atoms with Gasteiger partial charge < -0.3 is 14.6 Å². The average molecular weight is 210 g/mol. The van der Waals surface area contributed by atoms with Gasteiger partial charge in [-0.05, 0) is 6.08 Å². The number of ether oxygens (including phenoxy) is 2. The lowest BCUT2D eigenvalue weighted by atomic mass is 10.0. The first-order chi connectivity index (χ1) is 7.22. The fraction of sp³-hybridized carbons (Fsp3) is 0.545. The van der Waals surface area contributed by atoms with E-state index >= 15 is 0 Å². The minimum absolute atomic E-state index is 0.0495. The number of rotatable bonds is 2. The molecule has 0 bridgehead atoms. The Balaban J connectivity index is 2.17. The van der Waals surface area contributed by atoms with Crippen molar-refractivity contribution in [2.75, 3.05) is 13.2 Å². The fourth-order valence-corrected chi connectivity index (χ4v) is 1.94. The molecule has 4 heteroatoms. The summed E-state index contributed by atoms with van der Waals surface area (Å²) in [5.41, 5.74) is 0.560. The van der Waals surface area contributed by atoms with E-state index in [1.165, 1.54) is 0 Å². The van der Waals surface area contributed by atoms with Crippen molar-refractivity contribution in [2.24, 2.45) is 5.92 Å². The van der Waals surface area contributed by atoms with Crippen molar-refractivity contribution < 1.29 is 19.4 Å². The molecule has 2 atom stereocenters. The molecule has 1 heterocycles. The van der Waals surface area contributed by atoms with Crippen LogP contribution < -0.4 is 0 Å². The molecule has 0 spiro atoms. The van der Waals surface area contributed by atoms with E-state index in [0.717, 1.165) is 0 Å². The molecule has 2 aliphatic rings. The van der Waals surface area contributed by atoms with E-state index in [-0.39, 0.29) is 18.1 Å². The average Bonchev–Trinajstić information content (AvgIpc) is 2.77. The van der Waals surface area contributed by atoms with E-state index in [1.54, 1.807) is 12.2 Å². The zero-order valence-corrected chi connectivity index (χ0v) is 8.39. The minimum atomic E-state index is -0.650. The Morgan fingerprint density at radius 1 is 1.40 bits per heavy atom. The Labute approximate surface area is 88.2 Å². The highest BCUT2D eigenvalue weighted by Crippen LogP contribution is 2.30. The van der Waals surface area contributed by atoms with Crippen molar-refractivity contribution in [3.8, 4) is 0 Å². The first kappa shape index (κ1) is 10.5. The molecular formula is C11H14O4. The van der Waals surface area contributed by atoms with Gasteiger partial charge in [-0.3, -0.25) is 4.79 Å². The molecule has 82 valence electrons. The van der Waals surface area contributed by atoms with Crippen LogP contribution in [0.25, 0.3) is 0 Å². The first-order valence-corrected chi connectivity index (χ1v) is 5.01. The van der Waals surface area contributed by atoms with E-state index in [0.29, 0.717) is 18.8 Å². The number of aliphatic hydroxyl groups is 1.